The zero-order chi connectivity index (χ0) is 21.8. The van der Waals surface area contributed by atoms with Crippen LogP contribution in [0.25, 0.3) is 0 Å². The molecule has 0 aliphatic carbocycles. The van der Waals surface area contributed by atoms with Crippen LogP contribution in [0, 0.1) is 5.82 Å². The number of esters is 1. The molecule has 1 unspecified atom stereocenters. The van der Waals surface area contributed by atoms with Crippen LogP contribution in [0.3, 0.4) is 0 Å². The Morgan fingerprint density at radius 3 is 2.48 bits per heavy atom. The molecule has 2 aromatic carbocycles. The van der Waals surface area contributed by atoms with Crippen LogP contribution in [-0.2, 0) is 19.6 Å². The molecule has 10 heteroatoms. The number of halogens is 2. The summed E-state index contributed by atoms with van der Waals surface area (Å²) in [7, 11) is -3.98. The van der Waals surface area contributed by atoms with E-state index in [4.69, 9.17) is 16.3 Å². The Labute approximate surface area is 173 Å². The predicted octanol–water partition coefficient (Wildman–Crippen LogP) is 3.45. The number of anilines is 2. The van der Waals surface area contributed by atoms with Crippen molar-refractivity contribution in [2.75, 3.05) is 22.5 Å². The van der Waals surface area contributed by atoms with Crippen LogP contribution in [0.15, 0.2) is 42.5 Å². The number of sulfonamides is 1. The number of hydrogen-bond donors (Lipinski definition) is 1. The predicted molar refractivity (Wildman–Crippen MR) is 109 cm³/mol. The van der Waals surface area contributed by atoms with E-state index in [0.29, 0.717) is 4.31 Å². The van der Waals surface area contributed by atoms with Gasteiger partial charge in [-0.05, 0) is 44.2 Å². The summed E-state index contributed by atoms with van der Waals surface area (Å²) in [6, 6.07) is 8.13. The van der Waals surface area contributed by atoms with Gasteiger partial charge >= 0.3 is 5.97 Å². The van der Waals surface area contributed by atoms with E-state index in [9.17, 15) is 22.4 Å². The molecule has 1 N–H and O–H groups in total. The lowest BCUT2D eigenvalue weighted by Gasteiger charge is -2.28. The third-order valence-electron chi connectivity index (χ3n) is 3.91. The van der Waals surface area contributed by atoms with Crippen molar-refractivity contribution in [3.8, 4) is 0 Å². The number of carbonyl (C=O) groups is 2. The second-order valence-electron chi connectivity index (χ2n) is 6.09. The molecule has 0 aromatic heterocycles. The summed E-state index contributed by atoms with van der Waals surface area (Å²) < 4.78 is 44.3. The summed E-state index contributed by atoms with van der Waals surface area (Å²) in [6.07, 6.45) is 0.879. The van der Waals surface area contributed by atoms with Crippen LogP contribution in [-0.4, -0.2) is 39.2 Å². The number of ether oxygens (including phenoxy) is 1. The molecule has 0 fully saturated rings. The number of nitrogens with one attached hydrogen (secondary N) is 1. The Morgan fingerprint density at radius 1 is 1.24 bits per heavy atom. The van der Waals surface area contributed by atoms with E-state index in [1.165, 1.54) is 43.3 Å². The summed E-state index contributed by atoms with van der Waals surface area (Å²) in [5.41, 5.74) is 0.00491. The fraction of sp³-hybridized carbons (Fsp3) is 0.263. The number of carbonyl (C=O) groups excluding carboxylic acids is 2. The van der Waals surface area contributed by atoms with Gasteiger partial charge < -0.3 is 10.1 Å². The minimum atomic E-state index is -3.98. The van der Waals surface area contributed by atoms with Crippen molar-refractivity contribution in [2.45, 2.75) is 19.9 Å². The van der Waals surface area contributed by atoms with Crippen LogP contribution in [0.5, 0.6) is 0 Å². The normalized spacial score (nSPS) is 12.2. The fourth-order valence-electron chi connectivity index (χ4n) is 2.63. The lowest BCUT2D eigenvalue weighted by molar-refractivity contribution is -0.116. The van der Waals surface area contributed by atoms with Gasteiger partial charge in [-0.1, -0.05) is 23.7 Å². The molecule has 0 saturated carbocycles. The second-order valence-corrected chi connectivity index (χ2v) is 8.36. The third kappa shape index (κ3) is 5.45. The van der Waals surface area contributed by atoms with Gasteiger partial charge in [0.15, 0.2) is 0 Å². The molecule has 0 aliphatic rings. The summed E-state index contributed by atoms with van der Waals surface area (Å²) in [5, 5.41) is 2.65. The molecule has 0 bridgehead atoms. The highest BCUT2D eigenvalue weighted by Gasteiger charge is 2.31. The van der Waals surface area contributed by atoms with Gasteiger partial charge in [-0.15, -0.1) is 0 Å². The Morgan fingerprint density at radius 2 is 1.90 bits per heavy atom. The molecule has 0 aliphatic heterocycles. The van der Waals surface area contributed by atoms with Crippen molar-refractivity contribution in [3.63, 3.8) is 0 Å². The minimum absolute atomic E-state index is 0.0491. The van der Waals surface area contributed by atoms with Gasteiger partial charge in [0.05, 0.1) is 29.1 Å². The smallest absolute Gasteiger partial charge is 0.339 e. The number of nitrogens with zero attached hydrogens (tertiary/aromatic N) is 1. The van der Waals surface area contributed by atoms with Crippen molar-refractivity contribution >= 4 is 44.9 Å². The van der Waals surface area contributed by atoms with Crippen LogP contribution in [0.2, 0.25) is 5.02 Å². The number of hydrogen-bond acceptors (Lipinski definition) is 5. The summed E-state index contributed by atoms with van der Waals surface area (Å²) in [5.74, 6) is -2.17. The van der Waals surface area contributed by atoms with Crippen molar-refractivity contribution in [3.05, 3.63) is 58.9 Å². The molecule has 2 rings (SSSR count). The lowest BCUT2D eigenvalue weighted by Crippen LogP contribution is -2.45. The van der Waals surface area contributed by atoms with Gasteiger partial charge in [-0.3, -0.25) is 9.10 Å². The zero-order valence-electron chi connectivity index (χ0n) is 16.0. The van der Waals surface area contributed by atoms with Crippen LogP contribution in [0.4, 0.5) is 15.8 Å². The second kappa shape index (κ2) is 9.23. The molecule has 2 aromatic rings. The Kier molecular flexibility index (Phi) is 7.21. The van der Waals surface area contributed by atoms with E-state index in [1.807, 2.05) is 0 Å². The topological polar surface area (TPSA) is 92.8 Å². The molecule has 7 nitrogen and oxygen atoms in total. The Balaban J connectivity index is 2.33. The SMILES string of the molecule is CCOC(=O)c1cc(NC(=O)C(C)N(c2ccccc2F)S(C)(=O)=O)ccc1Cl. The largest absolute Gasteiger partial charge is 0.462 e. The highest BCUT2D eigenvalue weighted by molar-refractivity contribution is 7.92. The van der Waals surface area contributed by atoms with Crippen molar-refractivity contribution in [2.24, 2.45) is 0 Å². The maximum atomic E-state index is 14.2. The third-order valence-corrected chi connectivity index (χ3v) is 5.46. The van der Waals surface area contributed by atoms with Gasteiger partial charge in [0.1, 0.15) is 11.9 Å². The van der Waals surface area contributed by atoms with E-state index in [0.717, 1.165) is 12.3 Å². The molecule has 0 saturated heterocycles. The minimum Gasteiger partial charge on any atom is -0.462 e. The Hall–Kier alpha value is -2.65. The van der Waals surface area contributed by atoms with Crippen LogP contribution in [0.1, 0.15) is 24.2 Å². The molecular formula is C19H20ClFN2O5S. The first-order valence-corrected chi connectivity index (χ1v) is 10.8. The van der Waals surface area contributed by atoms with Crippen LogP contribution < -0.4 is 9.62 Å². The monoisotopic (exact) mass is 442 g/mol. The van der Waals surface area contributed by atoms with E-state index < -0.39 is 33.8 Å². The van der Waals surface area contributed by atoms with Crippen LogP contribution >= 0.6 is 11.6 Å². The molecular weight excluding hydrogens is 423 g/mol. The fourth-order valence-corrected chi connectivity index (χ4v) is 4.00. The summed E-state index contributed by atoms with van der Waals surface area (Å²) >= 11 is 5.99. The molecule has 156 valence electrons. The first kappa shape index (κ1) is 22.6. The quantitative estimate of drug-likeness (QED) is 0.663. The Bertz CT molecular complexity index is 1030. The summed E-state index contributed by atoms with van der Waals surface area (Å²) in [6.45, 7) is 3.11. The lowest BCUT2D eigenvalue weighted by atomic mass is 10.2. The zero-order valence-corrected chi connectivity index (χ0v) is 17.6. The molecule has 1 atom stereocenters. The molecule has 0 spiro atoms. The molecule has 0 heterocycles. The average Bonchev–Trinajstić information content (AvgIpc) is 2.64. The van der Waals surface area contributed by atoms with Crippen molar-refractivity contribution < 1.29 is 27.1 Å². The maximum Gasteiger partial charge on any atom is 0.339 e. The molecule has 0 radical (unpaired) electrons. The van der Waals surface area contributed by atoms with E-state index in [-0.39, 0.29) is 28.6 Å². The highest BCUT2D eigenvalue weighted by Crippen LogP contribution is 2.26. The standard InChI is InChI=1S/C19H20ClFN2O5S/c1-4-28-19(25)14-11-13(9-10-15(14)20)22-18(24)12(2)23(29(3,26)27)17-8-6-5-7-16(17)21/h5-12H,4H2,1-3H3,(H,22,24). The van der Waals surface area contributed by atoms with Gasteiger partial charge in [-0.25, -0.2) is 17.6 Å². The van der Waals surface area contributed by atoms with E-state index >= 15 is 0 Å². The van der Waals surface area contributed by atoms with Gasteiger partial charge in [0.2, 0.25) is 15.9 Å². The van der Waals surface area contributed by atoms with Crippen molar-refractivity contribution in [1.82, 2.24) is 0 Å². The van der Waals surface area contributed by atoms with E-state index in [2.05, 4.69) is 5.32 Å². The molecule has 1 amide bonds. The average molecular weight is 443 g/mol. The number of rotatable bonds is 7. The first-order chi connectivity index (χ1) is 13.6. The highest BCUT2D eigenvalue weighted by atomic mass is 35.5. The van der Waals surface area contributed by atoms with Crippen molar-refractivity contribution in [1.29, 1.82) is 0 Å². The first-order valence-electron chi connectivity index (χ1n) is 8.57. The van der Waals surface area contributed by atoms with Gasteiger partial charge in [-0.2, -0.15) is 0 Å². The number of para-hydroxylation sites is 1. The maximum absolute atomic E-state index is 14.2. The van der Waals surface area contributed by atoms with E-state index in [1.54, 1.807) is 6.92 Å². The molecule has 29 heavy (non-hydrogen) atoms. The van der Waals surface area contributed by atoms with Gasteiger partial charge in [0, 0.05) is 5.69 Å². The van der Waals surface area contributed by atoms with Gasteiger partial charge in [0.25, 0.3) is 0 Å². The summed E-state index contributed by atoms with van der Waals surface area (Å²) in [4.78, 5) is 24.6. The number of amides is 1. The number of benzene rings is 2.